The monoisotopic (exact) mass is 369 g/mol. The zero-order valence-corrected chi connectivity index (χ0v) is 15.1. The third-order valence-electron chi connectivity index (χ3n) is 5.54. The number of hydrogen-bond donors (Lipinski definition) is 4. The van der Waals surface area contributed by atoms with Gasteiger partial charge in [-0.05, 0) is 56.0 Å². The van der Waals surface area contributed by atoms with Crippen molar-refractivity contribution in [3.05, 3.63) is 35.8 Å². The van der Waals surface area contributed by atoms with Crippen molar-refractivity contribution in [2.45, 2.75) is 12.8 Å². The van der Waals surface area contributed by atoms with Gasteiger partial charge in [-0.2, -0.15) is 4.98 Å². The Morgan fingerprint density at radius 2 is 2.00 bits per heavy atom. The number of nitrogen functional groups attached to an aromatic ring is 1. The molecule has 7 nitrogen and oxygen atoms in total. The van der Waals surface area contributed by atoms with Crippen molar-refractivity contribution < 1.29 is 4.39 Å². The van der Waals surface area contributed by atoms with E-state index in [4.69, 9.17) is 11.1 Å². The fourth-order valence-corrected chi connectivity index (χ4v) is 3.93. The van der Waals surface area contributed by atoms with Gasteiger partial charge in [0.2, 0.25) is 5.95 Å². The van der Waals surface area contributed by atoms with Gasteiger partial charge in [-0.25, -0.2) is 9.37 Å². The Balaban J connectivity index is 1.53. The van der Waals surface area contributed by atoms with Crippen molar-refractivity contribution >= 4 is 29.4 Å². The van der Waals surface area contributed by atoms with E-state index in [9.17, 15) is 4.39 Å². The van der Waals surface area contributed by atoms with E-state index in [1.807, 2.05) is 0 Å². The van der Waals surface area contributed by atoms with E-state index in [1.54, 1.807) is 18.2 Å². The van der Waals surface area contributed by atoms with Crippen LogP contribution in [0.1, 0.15) is 18.4 Å². The second-order valence-corrected chi connectivity index (χ2v) is 7.22. The average molecular weight is 369 g/mol. The first-order valence-electron chi connectivity index (χ1n) is 9.29. The van der Waals surface area contributed by atoms with Crippen molar-refractivity contribution in [3.63, 3.8) is 0 Å². The van der Waals surface area contributed by atoms with Gasteiger partial charge in [-0.1, -0.05) is 0 Å². The largest absolute Gasteiger partial charge is 0.398 e. The number of nitrogens with one attached hydrogen (secondary N) is 3. The predicted molar refractivity (Wildman–Crippen MR) is 105 cm³/mol. The van der Waals surface area contributed by atoms with Crippen LogP contribution in [0.4, 0.5) is 27.5 Å². The molecule has 2 aliphatic rings. The second-order valence-electron chi connectivity index (χ2n) is 7.22. The van der Waals surface area contributed by atoms with Crippen molar-refractivity contribution in [1.29, 1.82) is 5.41 Å². The van der Waals surface area contributed by atoms with Crippen LogP contribution in [-0.4, -0.2) is 42.4 Å². The molecule has 2 aliphatic heterocycles. The smallest absolute Gasteiger partial charge is 0.227 e. The Morgan fingerprint density at radius 3 is 2.70 bits per heavy atom. The maximum atomic E-state index is 14.3. The Morgan fingerprint density at radius 1 is 1.26 bits per heavy atom. The summed E-state index contributed by atoms with van der Waals surface area (Å²) in [5.41, 5.74) is 7.51. The minimum atomic E-state index is -0.511. The lowest BCUT2D eigenvalue weighted by molar-refractivity contribution is 0.409. The first kappa shape index (κ1) is 17.7. The first-order valence-corrected chi connectivity index (χ1v) is 9.29. The zero-order chi connectivity index (χ0) is 18.8. The molecule has 0 aliphatic carbocycles. The van der Waals surface area contributed by atoms with Crippen LogP contribution in [-0.2, 0) is 0 Å². The molecule has 2 atom stereocenters. The lowest BCUT2D eigenvalue weighted by atomic mass is 9.92. The maximum absolute atomic E-state index is 14.3. The minimum absolute atomic E-state index is 0.131. The molecule has 3 heterocycles. The predicted octanol–water partition coefficient (Wildman–Crippen LogP) is 2.37. The van der Waals surface area contributed by atoms with E-state index in [2.05, 4.69) is 25.5 Å². The highest BCUT2D eigenvalue weighted by molar-refractivity contribution is 5.87. The number of halogens is 1. The van der Waals surface area contributed by atoms with Crippen LogP contribution in [0, 0.1) is 23.1 Å². The van der Waals surface area contributed by atoms with Gasteiger partial charge in [0.25, 0.3) is 0 Å². The molecule has 0 bridgehead atoms. The highest BCUT2D eigenvalue weighted by atomic mass is 19.1. The van der Waals surface area contributed by atoms with Crippen LogP contribution in [0.3, 0.4) is 0 Å². The summed E-state index contributed by atoms with van der Waals surface area (Å²) in [6.07, 6.45) is 4.58. The second kappa shape index (κ2) is 7.48. The molecule has 1 aromatic carbocycles. The number of fused-ring (bicyclic) bond motifs is 1. The highest BCUT2D eigenvalue weighted by Crippen LogP contribution is 2.29. The summed E-state index contributed by atoms with van der Waals surface area (Å²) in [5.74, 6) is 1.59. The molecule has 2 aromatic rings. The van der Waals surface area contributed by atoms with Gasteiger partial charge in [-0.15, -0.1) is 0 Å². The van der Waals surface area contributed by atoms with Gasteiger partial charge in [0, 0.05) is 36.2 Å². The van der Waals surface area contributed by atoms with E-state index in [1.165, 1.54) is 12.4 Å². The minimum Gasteiger partial charge on any atom is -0.398 e. The molecule has 142 valence electrons. The summed E-state index contributed by atoms with van der Waals surface area (Å²) in [6, 6.07) is 5.12. The maximum Gasteiger partial charge on any atom is 0.227 e. The molecule has 27 heavy (non-hydrogen) atoms. The molecule has 0 amide bonds. The lowest BCUT2D eigenvalue weighted by Gasteiger charge is -2.21. The van der Waals surface area contributed by atoms with Crippen molar-refractivity contribution in [3.8, 4) is 0 Å². The van der Waals surface area contributed by atoms with E-state index in [0.717, 1.165) is 39.0 Å². The average Bonchev–Trinajstić information content (AvgIpc) is 3.03. The summed E-state index contributed by atoms with van der Waals surface area (Å²) in [7, 11) is 0. The molecule has 0 saturated carbocycles. The molecule has 5 N–H and O–H groups in total. The number of benzene rings is 1. The van der Waals surface area contributed by atoms with Crippen LogP contribution in [0.15, 0.2) is 24.4 Å². The highest BCUT2D eigenvalue weighted by Gasteiger charge is 2.30. The van der Waals surface area contributed by atoms with Gasteiger partial charge in [-0.3, -0.25) is 0 Å². The molecule has 8 heteroatoms. The summed E-state index contributed by atoms with van der Waals surface area (Å²) < 4.78 is 14.3. The number of nitrogens with zero attached hydrogens (tertiary/aromatic N) is 3. The van der Waals surface area contributed by atoms with Crippen molar-refractivity contribution in [1.82, 2.24) is 15.3 Å². The molecule has 4 rings (SSSR count). The summed E-state index contributed by atoms with van der Waals surface area (Å²) in [5, 5.41) is 13.9. The Hall–Kier alpha value is -2.74. The SMILES string of the molecule is N=Cc1cc(Nc2nc(N3CCC4CNCC4CC3)ncc2F)ccc1N. The van der Waals surface area contributed by atoms with E-state index < -0.39 is 5.82 Å². The molecule has 2 fully saturated rings. The molecule has 2 unspecified atom stereocenters. The van der Waals surface area contributed by atoms with Gasteiger partial charge in [0.05, 0.1) is 6.20 Å². The van der Waals surface area contributed by atoms with E-state index >= 15 is 0 Å². The van der Waals surface area contributed by atoms with Crippen LogP contribution >= 0.6 is 0 Å². The molecule has 1 aromatic heterocycles. The number of anilines is 4. The van der Waals surface area contributed by atoms with Crippen LogP contribution in [0.25, 0.3) is 0 Å². The molecule has 2 saturated heterocycles. The Labute approximate surface area is 157 Å². The molecular formula is C19H24FN7. The van der Waals surface area contributed by atoms with Gasteiger partial charge in [0.1, 0.15) is 0 Å². The van der Waals surface area contributed by atoms with Gasteiger partial charge < -0.3 is 26.7 Å². The molecule has 0 radical (unpaired) electrons. The summed E-state index contributed by atoms with van der Waals surface area (Å²) in [4.78, 5) is 10.8. The summed E-state index contributed by atoms with van der Waals surface area (Å²) in [6.45, 7) is 3.94. The van der Waals surface area contributed by atoms with Crippen molar-refractivity contribution in [2.75, 3.05) is 42.1 Å². The third-order valence-corrected chi connectivity index (χ3v) is 5.54. The molecular weight excluding hydrogens is 345 g/mol. The Bertz CT molecular complexity index is 827. The number of aromatic nitrogens is 2. The third kappa shape index (κ3) is 3.71. The number of hydrogen-bond acceptors (Lipinski definition) is 7. The number of nitrogens with two attached hydrogens (primary N) is 1. The quantitative estimate of drug-likeness (QED) is 0.487. The topological polar surface area (TPSA) is 103 Å². The first-order chi connectivity index (χ1) is 13.1. The Kier molecular flexibility index (Phi) is 4.89. The van der Waals surface area contributed by atoms with Crippen LogP contribution in [0.5, 0.6) is 0 Å². The number of rotatable bonds is 4. The normalized spacial score (nSPS) is 22.2. The fraction of sp³-hybridized carbons (Fsp3) is 0.421. The lowest BCUT2D eigenvalue weighted by Crippen LogP contribution is -2.27. The van der Waals surface area contributed by atoms with E-state index in [0.29, 0.717) is 34.7 Å². The fourth-order valence-electron chi connectivity index (χ4n) is 3.93. The van der Waals surface area contributed by atoms with Gasteiger partial charge in [0.15, 0.2) is 11.6 Å². The standard InChI is InChI=1S/C19H24FN7/c20-16-11-24-19(27-5-3-12-9-23-10-13(12)4-6-27)26-18(16)25-15-1-2-17(22)14(7-15)8-21/h1-2,7-8,11-13,21,23H,3-6,9-10,22H2,(H,24,25,26). The summed E-state index contributed by atoms with van der Waals surface area (Å²) >= 11 is 0. The zero-order valence-electron chi connectivity index (χ0n) is 15.1. The van der Waals surface area contributed by atoms with Crippen molar-refractivity contribution in [2.24, 2.45) is 11.8 Å². The van der Waals surface area contributed by atoms with E-state index in [-0.39, 0.29) is 5.82 Å². The van der Waals surface area contributed by atoms with Crippen LogP contribution in [0.2, 0.25) is 0 Å². The van der Waals surface area contributed by atoms with Crippen LogP contribution < -0.4 is 21.3 Å². The van der Waals surface area contributed by atoms with Gasteiger partial charge >= 0.3 is 0 Å². The molecule has 0 spiro atoms.